The van der Waals surface area contributed by atoms with Crippen molar-refractivity contribution in [2.75, 3.05) is 55.6 Å². The summed E-state index contributed by atoms with van der Waals surface area (Å²) in [5, 5.41) is 11.2. The van der Waals surface area contributed by atoms with Crippen molar-refractivity contribution in [2.45, 2.75) is 45.6 Å². The molecule has 0 aromatic heterocycles. The Morgan fingerprint density at radius 2 is 1.55 bits per heavy atom. The Morgan fingerprint density at radius 1 is 0.886 bits per heavy atom. The van der Waals surface area contributed by atoms with Gasteiger partial charge in [-0.05, 0) is 66.6 Å². The molecule has 2 N–H and O–H groups in total. The van der Waals surface area contributed by atoms with Crippen LogP contribution < -0.4 is 15.1 Å². The van der Waals surface area contributed by atoms with Gasteiger partial charge in [-0.1, -0.05) is 26.0 Å². The van der Waals surface area contributed by atoms with Crippen LogP contribution in [0.5, 0.6) is 0 Å². The highest BCUT2D eigenvalue weighted by Gasteiger charge is 2.45. The van der Waals surface area contributed by atoms with E-state index in [4.69, 9.17) is 5.11 Å². The van der Waals surface area contributed by atoms with E-state index in [2.05, 4.69) is 33.9 Å². The lowest BCUT2D eigenvalue weighted by Gasteiger charge is -2.49. The topological polar surface area (TPSA) is 131 Å². The quantitative estimate of drug-likeness (QED) is 0.416. The lowest BCUT2D eigenvalue weighted by molar-refractivity contribution is -0.137. The van der Waals surface area contributed by atoms with Gasteiger partial charge in [-0.15, -0.1) is 0 Å². The predicted octanol–water partition coefficient (Wildman–Crippen LogP) is 2.39. The number of carbonyl (C=O) groups is 5. The second-order valence-electron chi connectivity index (χ2n) is 13.1. The van der Waals surface area contributed by atoms with Gasteiger partial charge in [0.15, 0.2) is 0 Å². The summed E-state index contributed by atoms with van der Waals surface area (Å²) < 4.78 is 0. The number of aliphatic carboxylic acids is 1. The van der Waals surface area contributed by atoms with Crippen molar-refractivity contribution >= 4 is 41.0 Å². The average Bonchev–Trinajstić information content (AvgIpc) is 3.21. The minimum absolute atomic E-state index is 0.0451. The van der Waals surface area contributed by atoms with Crippen molar-refractivity contribution in [3.63, 3.8) is 0 Å². The molecule has 11 heteroatoms. The lowest BCUT2D eigenvalue weighted by atomic mass is 9.72. The van der Waals surface area contributed by atoms with Crippen LogP contribution in [0.15, 0.2) is 42.5 Å². The molecule has 6 rings (SSSR count). The Labute approximate surface area is 256 Å². The molecule has 1 atom stereocenters. The van der Waals surface area contributed by atoms with Crippen LogP contribution >= 0.6 is 0 Å². The molecule has 0 radical (unpaired) electrons. The maximum atomic E-state index is 13.2. The zero-order valence-electron chi connectivity index (χ0n) is 25.3. The summed E-state index contributed by atoms with van der Waals surface area (Å²) in [6.45, 7) is 11.1. The molecule has 0 spiro atoms. The fourth-order valence-corrected chi connectivity index (χ4v) is 6.72. The number of nitrogens with one attached hydrogen (secondary N) is 1. The first-order valence-corrected chi connectivity index (χ1v) is 15.4. The maximum absolute atomic E-state index is 13.2. The lowest BCUT2D eigenvalue weighted by Crippen LogP contribution is -2.54. The summed E-state index contributed by atoms with van der Waals surface area (Å²) in [4.78, 5) is 69.2. The molecule has 0 bridgehead atoms. The molecular weight excluding hydrogens is 562 g/mol. The Balaban J connectivity index is 0.984. The number of carbonyl (C=O) groups excluding carboxylic acids is 4. The largest absolute Gasteiger partial charge is 0.481 e. The number of hydrogen-bond donors (Lipinski definition) is 2. The number of fused-ring (bicyclic) bond motifs is 1. The van der Waals surface area contributed by atoms with E-state index >= 15 is 0 Å². The third-order valence-corrected chi connectivity index (χ3v) is 9.88. The van der Waals surface area contributed by atoms with Crippen LogP contribution in [0.4, 0.5) is 11.4 Å². The number of nitrogens with zero attached hydrogens (tertiary/aromatic N) is 4. The van der Waals surface area contributed by atoms with E-state index < -0.39 is 29.7 Å². The number of carboxylic acid groups (broad SMARTS) is 1. The molecule has 44 heavy (non-hydrogen) atoms. The highest BCUT2D eigenvalue weighted by Crippen LogP contribution is 2.39. The van der Waals surface area contributed by atoms with E-state index in [1.165, 1.54) is 0 Å². The van der Waals surface area contributed by atoms with Crippen molar-refractivity contribution in [1.29, 1.82) is 0 Å². The molecule has 2 aromatic rings. The first-order valence-electron chi connectivity index (χ1n) is 15.4. The van der Waals surface area contributed by atoms with Crippen LogP contribution in [0.3, 0.4) is 0 Å². The average molecular weight is 602 g/mol. The van der Waals surface area contributed by atoms with Crippen LogP contribution in [0.25, 0.3) is 0 Å². The minimum atomic E-state index is -0.962. The molecule has 4 heterocycles. The van der Waals surface area contributed by atoms with Gasteiger partial charge in [0.1, 0.15) is 6.04 Å². The number of anilines is 2. The normalized spacial score (nSPS) is 21.4. The van der Waals surface area contributed by atoms with E-state index in [0.717, 1.165) is 74.1 Å². The number of rotatable bonds is 9. The van der Waals surface area contributed by atoms with Gasteiger partial charge in [-0.2, -0.15) is 0 Å². The SMILES string of the molecule is CC(C)(CCN1CCN(c2ccc3c(c2)C(=O)N(C2CCC(=O)NC2=O)C3=O)CC1)C1CN(c2ccc(CC(=O)O)cc2)C1. The van der Waals surface area contributed by atoms with Gasteiger partial charge in [0.05, 0.1) is 17.5 Å². The molecular formula is C33H39N5O6. The van der Waals surface area contributed by atoms with E-state index in [0.29, 0.717) is 17.0 Å². The Kier molecular flexibility index (Phi) is 7.91. The van der Waals surface area contributed by atoms with E-state index in [-0.39, 0.29) is 30.6 Å². The highest BCUT2D eigenvalue weighted by atomic mass is 16.4. The van der Waals surface area contributed by atoms with Gasteiger partial charge in [-0.25, -0.2) is 0 Å². The van der Waals surface area contributed by atoms with E-state index in [1.54, 1.807) is 12.1 Å². The standard InChI is InChI=1S/C33H39N5O6/c1-33(2,22-19-37(20-22)23-5-3-21(4-6-23)17-29(40)41)11-12-35-13-15-36(16-14-35)24-7-8-25-26(18-24)32(44)38(31(25)43)27-9-10-28(39)34-30(27)42/h3-8,18,22,27H,9-17,19-20H2,1-2H3,(H,40,41)(H,34,39,42). The van der Waals surface area contributed by atoms with Crippen LogP contribution in [-0.4, -0.2) is 96.4 Å². The summed E-state index contributed by atoms with van der Waals surface area (Å²) in [6.07, 6.45) is 1.38. The van der Waals surface area contributed by atoms with Crippen molar-refractivity contribution < 1.29 is 29.1 Å². The van der Waals surface area contributed by atoms with Crippen molar-refractivity contribution in [2.24, 2.45) is 11.3 Å². The summed E-state index contributed by atoms with van der Waals surface area (Å²) >= 11 is 0. The molecule has 0 saturated carbocycles. The summed E-state index contributed by atoms with van der Waals surface area (Å²) in [5.74, 6) is -2.18. The molecule has 4 aliphatic rings. The van der Waals surface area contributed by atoms with Gasteiger partial charge in [-0.3, -0.25) is 39.1 Å². The predicted molar refractivity (Wildman–Crippen MR) is 164 cm³/mol. The fourth-order valence-electron chi connectivity index (χ4n) is 6.72. The Hall–Kier alpha value is -4.25. The zero-order chi connectivity index (χ0) is 31.2. The Morgan fingerprint density at radius 3 is 2.20 bits per heavy atom. The summed E-state index contributed by atoms with van der Waals surface area (Å²) in [7, 11) is 0. The Bertz CT molecular complexity index is 1490. The third kappa shape index (κ3) is 5.80. The monoisotopic (exact) mass is 601 g/mol. The molecule has 2 aromatic carbocycles. The van der Waals surface area contributed by atoms with Crippen LogP contribution in [0.2, 0.25) is 0 Å². The van der Waals surface area contributed by atoms with Crippen LogP contribution in [0.1, 0.15) is 59.4 Å². The van der Waals surface area contributed by atoms with Gasteiger partial charge in [0.25, 0.3) is 11.8 Å². The third-order valence-electron chi connectivity index (χ3n) is 9.88. The van der Waals surface area contributed by atoms with Crippen LogP contribution in [0, 0.1) is 11.3 Å². The second kappa shape index (κ2) is 11.7. The molecule has 3 fully saturated rings. The first kappa shape index (κ1) is 29.8. The number of imide groups is 2. The summed E-state index contributed by atoms with van der Waals surface area (Å²) in [6, 6.07) is 12.2. The van der Waals surface area contributed by atoms with E-state index in [1.807, 2.05) is 30.3 Å². The molecule has 4 amide bonds. The zero-order valence-corrected chi connectivity index (χ0v) is 25.3. The molecule has 0 aliphatic carbocycles. The summed E-state index contributed by atoms with van der Waals surface area (Å²) in [5.41, 5.74) is 3.65. The molecule has 232 valence electrons. The number of hydrogen-bond acceptors (Lipinski definition) is 8. The maximum Gasteiger partial charge on any atom is 0.307 e. The fraction of sp³-hybridized carbons (Fsp3) is 0.485. The van der Waals surface area contributed by atoms with Crippen molar-refractivity contribution in [3.05, 3.63) is 59.2 Å². The van der Waals surface area contributed by atoms with Crippen molar-refractivity contribution in [1.82, 2.24) is 15.1 Å². The number of amides is 4. The molecule has 3 saturated heterocycles. The minimum Gasteiger partial charge on any atom is -0.481 e. The number of piperidine rings is 1. The van der Waals surface area contributed by atoms with Gasteiger partial charge < -0.3 is 14.9 Å². The number of benzene rings is 2. The van der Waals surface area contributed by atoms with Gasteiger partial charge in [0.2, 0.25) is 11.8 Å². The van der Waals surface area contributed by atoms with Gasteiger partial charge in [0, 0.05) is 57.1 Å². The highest BCUT2D eigenvalue weighted by molar-refractivity contribution is 6.23. The second-order valence-corrected chi connectivity index (χ2v) is 13.1. The van der Waals surface area contributed by atoms with Crippen molar-refractivity contribution in [3.8, 4) is 0 Å². The van der Waals surface area contributed by atoms with Gasteiger partial charge >= 0.3 is 5.97 Å². The molecule has 11 nitrogen and oxygen atoms in total. The smallest absolute Gasteiger partial charge is 0.307 e. The van der Waals surface area contributed by atoms with Crippen LogP contribution in [-0.2, 0) is 20.8 Å². The molecule has 1 unspecified atom stereocenters. The first-order chi connectivity index (χ1) is 21.0. The molecule has 4 aliphatic heterocycles. The number of carboxylic acids is 1. The number of piperazine rings is 1. The van der Waals surface area contributed by atoms with E-state index in [9.17, 15) is 24.0 Å².